The van der Waals surface area contributed by atoms with Crippen LogP contribution in [0.15, 0.2) is 75.7 Å². The molecular formula is C21H17NO4. The molecule has 0 bridgehead atoms. The number of hydrogen-bond acceptors (Lipinski definition) is 5. The fraction of sp³-hybridized carbons (Fsp3) is 0.143. The number of Topliss-reactive ketones (excluding diaryl/α,β-unsaturated/α-hetero) is 1. The van der Waals surface area contributed by atoms with Gasteiger partial charge in [0.1, 0.15) is 17.6 Å². The van der Waals surface area contributed by atoms with Crippen molar-refractivity contribution in [2.45, 2.75) is 6.04 Å². The third-order valence-electron chi connectivity index (χ3n) is 4.75. The van der Waals surface area contributed by atoms with Crippen LogP contribution in [0.25, 0.3) is 11.0 Å². The van der Waals surface area contributed by atoms with Crippen LogP contribution >= 0.6 is 0 Å². The van der Waals surface area contributed by atoms with E-state index >= 15 is 0 Å². The van der Waals surface area contributed by atoms with E-state index in [-0.39, 0.29) is 22.5 Å². The van der Waals surface area contributed by atoms with E-state index in [2.05, 4.69) is 0 Å². The van der Waals surface area contributed by atoms with Crippen molar-refractivity contribution in [1.29, 1.82) is 0 Å². The number of carbonyl (C=O) groups excluding carboxylic acids is 1. The predicted octanol–water partition coefficient (Wildman–Crippen LogP) is 3.29. The number of phenolic OH excluding ortho intramolecular Hbond substituents is 1. The van der Waals surface area contributed by atoms with E-state index in [4.69, 9.17) is 4.42 Å². The van der Waals surface area contributed by atoms with Gasteiger partial charge in [-0.25, -0.2) is 0 Å². The molecule has 1 aliphatic heterocycles. The molecule has 0 spiro atoms. The molecule has 4 rings (SSSR count). The number of fused-ring (bicyclic) bond motifs is 1. The summed E-state index contributed by atoms with van der Waals surface area (Å²) in [5.41, 5.74) is 1.47. The van der Waals surface area contributed by atoms with Crippen molar-refractivity contribution in [3.63, 3.8) is 0 Å². The number of para-hydroxylation sites is 2. The number of hydrogen-bond donors (Lipinski definition) is 1. The van der Waals surface area contributed by atoms with Crippen LogP contribution < -0.4 is 5.43 Å². The van der Waals surface area contributed by atoms with E-state index < -0.39 is 6.04 Å². The lowest BCUT2D eigenvalue weighted by Crippen LogP contribution is -2.27. The van der Waals surface area contributed by atoms with Crippen LogP contribution in [-0.2, 0) is 0 Å². The monoisotopic (exact) mass is 347 g/mol. The Morgan fingerprint density at radius 1 is 1.15 bits per heavy atom. The Labute approximate surface area is 149 Å². The van der Waals surface area contributed by atoms with Crippen molar-refractivity contribution in [3.8, 4) is 5.75 Å². The summed E-state index contributed by atoms with van der Waals surface area (Å²) >= 11 is 0. The van der Waals surface area contributed by atoms with Crippen molar-refractivity contribution in [1.82, 2.24) is 4.90 Å². The summed E-state index contributed by atoms with van der Waals surface area (Å²) in [5, 5.41) is 10.5. The minimum atomic E-state index is -0.511. The highest BCUT2D eigenvalue weighted by atomic mass is 16.3. The predicted molar refractivity (Wildman–Crippen MR) is 98.4 cm³/mol. The van der Waals surface area contributed by atoms with Gasteiger partial charge in [0.05, 0.1) is 22.6 Å². The molecule has 5 nitrogen and oxygen atoms in total. The Balaban J connectivity index is 1.82. The molecule has 1 unspecified atom stereocenters. The number of phenols is 1. The third kappa shape index (κ3) is 2.53. The molecule has 5 heteroatoms. The molecule has 2 heterocycles. The minimum Gasteiger partial charge on any atom is -0.507 e. The van der Waals surface area contributed by atoms with Gasteiger partial charge in [0.2, 0.25) is 0 Å². The number of nitrogens with zero attached hydrogens (tertiary/aromatic N) is 1. The SMILES string of the molecule is CN1CC=C(C(=O)c2ccccc2O)C1c1coc2ccccc2c1=O. The van der Waals surface area contributed by atoms with Crippen molar-refractivity contribution in [2.75, 3.05) is 13.6 Å². The van der Waals surface area contributed by atoms with Gasteiger partial charge in [-0.2, -0.15) is 0 Å². The number of carbonyl (C=O) groups is 1. The number of aromatic hydroxyl groups is 1. The maximum atomic E-state index is 13.0. The average Bonchev–Trinajstić information content (AvgIpc) is 3.03. The van der Waals surface area contributed by atoms with Crippen LogP contribution in [0, 0.1) is 0 Å². The molecule has 2 aromatic carbocycles. The Kier molecular flexibility index (Phi) is 3.93. The first kappa shape index (κ1) is 16.3. The molecule has 1 atom stereocenters. The van der Waals surface area contributed by atoms with Gasteiger partial charge < -0.3 is 9.52 Å². The zero-order chi connectivity index (χ0) is 18.3. The summed E-state index contributed by atoms with van der Waals surface area (Å²) in [5.74, 6) is -0.359. The van der Waals surface area contributed by atoms with E-state index in [1.165, 1.54) is 12.3 Å². The summed E-state index contributed by atoms with van der Waals surface area (Å²) in [4.78, 5) is 27.9. The number of likely N-dealkylation sites (N-methyl/N-ethyl adjacent to an activating group) is 1. The first-order valence-electron chi connectivity index (χ1n) is 8.31. The topological polar surface area (TPSA) is 70.8 Å². The second-order valence-corrected chi connectivity index (χ2v) is 6.36. The standard InChI is InChI=1S/C21H17NO4/c1-22-11-10-15(20(24)13-6-2-4-8-17(13)23)19(22)16-12-26-18-9-5-3-7-14(18)21(16)25/h2-10,12,19,23H,11H2,1H3. The Morgan fingerprint density at radius 3 is 2.69 bits per heavy atom. The third-order valence-corrected chi connectivity index (χ3v) is 4.75. The van der Waals surface area contributed by atoms with Gasteiger partial charge in [0.15, 0.2) is 11.2 Å². The lowest BCUT2D eigenvalue weighted by molar-refractivity contribution is 0.101. The van der Waals surface area contributed by atoms with Crippen LogP contribution in [0.1, 0.15) is 22.0 Å². The molecule has 0 radical (unpaired) electrons. The fourth-order valence-corrected chi connectivity index (χ4v) is 3.42. The van der Waals surface area contributed by atoms with Crippen LogP contribution in [0.2, 0.25) is 0 Å². The van der Waals surface area contributed by atoms with E-state index in [9.17, 15) is 14.7 Å². The molecular weight excluding hydrogens is 330 g/mol. The van der Waals surface area contributed by atoms with Gasteiger partial charge in [-0.1, -0.05) is 30.3 Å². The summed E-state index contributed by atoms with van der Waals surface area (Å²) in [6, 6.07) is 13.0. The van der Waals surface area contributed by atoms with E-state index in [1.807, 2.05) is 11.9 Å². The summed E-state index contributed by atoms with van der Waals surface area (Å²) in [6.45, 7) is 0.533. The van der Waals surface area contributed by atoms with Gasteiger partial charge in [-0.05, 0) is 31.3 Å². The number of rotatable bonds is 3. The van der Waals surface area contributed by atoms with Crippen molar-refractivity contribution >= 4 is 16.8 Å². The van der Waals surface area contributed by atoms with Gasteiger partial charge in [0.25, 0.3) is 0 Å². The van der Waals surface area contributed by atoms with Crippen molar-refractivity contribution in [2.24, 2.45) is 0 Å². The minimum absolute atomic E-state index is 0.0720. The highest BCUT2D eigenvalue weighted by Gasteiger charge is 2.34. The molecule has 130 valence electrons. The molecule has 0 fully saturated rings. The average molecular weight is 347 g/mol. The molecule has 26 heavy (non-hydrogen) atoms. The van der Waals surface area contributed by atoms with Gasteiger partial charge in [0, 0.05) is 12.1 Å². The van der Waals surface area contributed by atoms with Crippen LogP contribution in [-0.4, -0.2) is 29.4 Å². The largest absolute Gasteiger partial charge is 0.507 e. The smallest absolute Gasteiger partial charge is 0.197 e. The van der Waals surface area contributed by atoms with E-state index in [0.29, 0.717) is 28.7 Å². The molecule has 1 N–H and O–H groups in total. The summed E-state index contributed by atoms with van der Waals surface area (Å²) in [6.07, 6.45) is 3.23. The number of benzene rings is 2. The van der Waals surface area contributed by atoms with Gasteiger partial charge >= 0.3 is 0 Å². The first-order valence-corrected chi connectivity index (χ1v) is 8.31. The Hall–Kier alpha value is -3.18. The zero-order valence-corrected chi connectivity index (χ0v) is 14.2. The normalized spacial score (nSPS) is 17.4. The fourth-order valence-electron chi connectivity index (χ4n) is 3.42. The molecule has 0 aliphatic carbocycles. The van der Waals surface area contributed by atoms with Gasteiger partial charge in [-0.15, -0.1) is 0 Å². The zero-order valence-electron chi connectivity index (χ0n) is 14.2. The summed E-state index contributed by atoms with van der Waals surface area (Å²) < 4.78 is 5.63. The molecule has 0 saturated carbocycles. The highest BCUT2D eigenvalue weighted by Crippen LogP contribution is 2.34. The maximum Gasteiger partial charge on any atom is 0.197 e. The maximum absolute atomic E-state index is 13.0. The molecule has 1 aliphatic rings. The van der Waals surface area contributed by atoms with E-state index in [0.717, 1.165) is 0 Å². The molecule has 0 amide bonds. The van der Waals surface area contributed by atoms with Gasteiger partial charge in [-0.3, -0.25) is 14.5 Å². The van der Waals surface area contributed by atoms with Crippen LogP contribution in [0.5, 0.6) is 5.75 Å². The Morgan fingerprint density at radius 2 is 1.88 bits per heavy atom. The molecule has 0 saturated heterocycles. The van der Waals surface area contributed by atoms with Crippen LogP contribution in [0.3, 0.4) is 0 Å². The van der Waals surface area contributed by atoms with Crippen LogP contribution in [0.4, 0.5) is 0 Å². The second kappa shape index (κ2) is 6.28. The first-order chi connectivity index (χ1) is 12.6. The quantitative estimate of drug-likeness (QED) is 0.736. The summed E-state index contributed by atoms with van der Waals surface area (Å²) in [7, 11) is 1.85. The van der Waals surface area contributed by atoms with Crippen molar-refractivity contribution < 1.29 is 14.3 Å². The van der Waals surface area contributed by atoms with E-state index in [1.54, 1.807) is 48.5 Å². The number of ketones is 1. The molecule has 3 aromatic rings. The lowest BCUT2D eigenvalue weighted by atomic mass is 9.93. The van der Waals surface area contributed by atoms with Crippen molar-refractivity contribution in [3.05, 3.63) is 87.8 Å². The second-order valence-electron chi connectivity index (χ2n) is 6.36. The Bertz CT molecular complexity index is 1100. The highest BCUT2D eigenvalue weighted by molar-refractivity contribution is 6.11. The lowest BCUT2D eigenvalue weighted by Gasteiger charge is -2.22. The molecule has 1 aromatic heterocycles.